The van der Waals surface area contributed by atoms with Crippen molar-refractivity contribution in [3.05, 3.63) is 0 Å². The molecule has 0 amide bonds. The first-order valence-corrected chi connectivity index (χ1v) is 4.37. The first-order chi connectivity index (χ1) is 4.61. The zero-order chi connectivity index (χ0) is 7.72. The highest BCUT2D eigenvalue weighted by Crippen LogP contribution is 2.39. The van der Waals surface area contributed by atoms with E-state index in [0.29, 0.717) is 6.04 Å². The van der Waals surface area contributed by atoms with Gasteiger partial charge in [0.05, 0.1) is 0 Å². The maximum atomic E-state index is 5.76. The molecule has 0 aromatic rings. The van der Waals surface area contributed by atoms with Crippen molar-refractivity contribution >= 4 is 0 Å². The van der Waals surface area contributed by atoms with Gasteiger partial charge in [-0.15, -0.1) is 0 Å². The normalized spacial score (nSPS) is 35.7. The van der Waals surface area contributed by atoms with Crippen LogP contribution in [0.1, 0.15) is 33.6 Å². The first kappa shape index (κ1) is 8.06. The molecule has 0 heterocycles. The summed E-state index contributed by atoms with van der Waals surface area (Å²) in [6.07, 6.45) is 2.74. The van der Waals surface area contributed by atoms with Crippen LogP contribution in [0.4, 0.5) is 0 Å². The maximum Gasteiger partial charge on any atom is 0.00389 e. The van der Waals surface area contributed by atoms with Gasteiger partial charge >= 0.3 is 0 Å². The minimum atomic E-state index is 0.426. The van der Waals surface area contributed by atoms with Crippen molar-refractivity contribution in [1.29, 1.82) is 0 Å². The Hall–Kier alpha value is -0.0400. The molecule has 1 atom stereocenters. The molecule has 1 nitrogen and oxygen atoms in total. The third-order valence-electron chi connectivity index (χ3n) is 2.90. The third kappa shape index (κ3) is 1.51. The summed E-state index contributed by atoms with van der Waals surface area (Å²) in [4.78, 5) is 0. The molecule has 1 fully saturated rings. The van der Waals surface area contributed by atoms with Crippen LogP contribution in [0.15, 0.2) is 0 Å². The highest BCUT2D eigenvalue weighted by atomic mass is 14.6. The highest BCUT2D eigenvalue weighted by molar-refractivity contribution is 4.85. The standard InChI is InChI=1S/C9H19N/c1-6(2)8-4-9(5-8)7(3)10/h6-9H,4-5,10H2,1-3H3. The van der Waals surface area contributed by atoms with Gasteiger partial charge in [0.1, 0.15) is 0 Å². The van der Waals surface area contributed by atoms with E-state index < -0.39 is 0 Å². The Morgan fingerprint density at radius 3 is 1.90 bits per heavy atom. The van der Waals surface area contributed by atoms with E-state index in [2.05, 4.69) is 20.8 Å². The minimum absolute atomic E-state index is 0.426. The molecule has 0 spiro atoms. The molecule has 60 valence electrons. The van der Waals surface area contributed by atoms with Crippen LogP contribution in [0.3, 0.4) is 0 Å². The average molecular weight is 141 g/mol. The molecular weight excluding hydrogens is 122 g/mol. The lowest BCUT2D eigenvalue weighted by molar-refractivity contribution is 0.123. The molecule has 1 saturated carbocycles. The van der Waals surface area contributed by atoms with E-state index in [9.17, 15) is 0 Å². The Morgan fingerprint density at radius 2 is 1.60 bits per heavy atom. The summed E-state index contributed by atoms with van der Waals surface area (Å²) in [7, 11) is 0. The van der Waals surface area contributed by atoms with Crippen LogP contribution in [-0.4, -0.2) is 6.04 Å². The Bertz CT molecular complexity index is 89.3. The SMILES string of the molecule is CC(C)C1CC(C(C)N)C1. The summed E-state index contributed by atoms with van der Waals surface area (Å²) in [5.74, 6) is 2.67. The van der Waals surface area contributed by atoms with Gasteiger partial charge in [0, 0.05) is 6.04 Å². The molecule has 1 aliphatic carbocycles. The van der Waals surface area contributed by atoms with Gasteiger partial charge in [-0.25, -0.2) is 0 Å². The molecule has 1 heteroatoms. The topological polar surface area (TPSA) is 26.0 Å². The predicted molar refractivity (Wildman–Crippen MR) is 44.7 cm³/mol. The van der Waals surface area contributed by atoms with Gasteiger partial charge in [-0.3, -0.25) is 0 Å². The molecule has 1 rings (SSSR count). The zero-order valence-corrected chi connectivity index (χ0v) is 7.30. The smallest absolute Gasteiger partial charge is 0.00389 e. The fourth-order valence-corrected chi connectivity index (χ4v) is 1.68. The first-order valence-electron chi connectivity index (χ1n) is 4.37. The van der Waals surface area contributed by atoms with Crippen molar-refractivity contribution in [3.63, 3.8) is 0 Å². The summed E-state index contributed by atoms with van der Waals surface area (Å²) in [5.41, 5.74) is 5.76. The molecule has 0 aliphatic heterocycles. The van der Waals surface area contributed by atoms with Gasteiger partial charge < -0.3 is 5.73 Å². The fourth-order valence-electron chi connectivity index (χ4n) is 1.68. The van der Waals surface area contributed by atoms with Gasteiger partial charge in [0.15, 0.2) is 0 Å². The van der Waals surface area contributed by atoms with Gasteiger partial charge in [-0.2, -0.15) is 0 Å². The van der Waals surface area contributed by atoms with Crippen LogP contribution < -0.4 is 5.73 Å². The van der Waals surface area contributed by atoms with Crippen LogP contribution in [-0.2, 0) is 0 Å². The lowest BCUT2D eigenvalue weighted by atomic mass is 9.67. The Kier molecular flexibility index (Phi) is 2.35. The molecule has 0 saturated heterocycles. The second kappa shape index (κ2) is 2.91. The van der Waals surface area contributed by atoms with Crippen LogP contribution in [0.5, 0.6) is 0 Å². The number of rotatable bonds is 2. The average Bonchev–Trinajstić information content (AvgIpc) is 1.56. The molecule has 0 bridgehead atoms. The molecule has 10 heavy (non-hydrogen) atoms. The van der Waals surface area contributed by atoms with Crippen molar-refractivity contribution in [2.45, 2.75) is 39.7 Å². The second-order valence-corrected chi connectivity index (χ2v) is 4.09. The lowest BCUT2D eigenvalue weighted by Gasteiger charge is -2.40. The van der Waals surface area contributed by atoms with E-state index in [1.807, 2.05) is 0 Å². The van der Waals surface area contributed by atoms with Crippen LogP contribution in [0.25, 0.3) is 0 Å². The molecule has 0 radical (unpaired) electrons. The molecule has 1 aliphatic rings. The Labute approximate surface area is 64.0 Å². The van der Waals surface area contributed by atoms with E-state index in [1.165, 1.54) is 12.8 Å². The molecule has 1 unspecified atom stereocenters. The minimum Gasteiger partial charge on any atom is -0.328 e. The number of hydrogen-bond acceptors (Lipinski definition) is 1. The molecule has 2 N–H and O–H groups in total. The molecular formula is C9H19N. The van der Waals surface area contributed by atoms with Gasteiger partial charge in [-0.1, -0.05) is 13.8 Å². The Morgan fingerprint density at radius 1 is 1.10 bits per heavy atom. The monoisotopic (exact) mass is 141 g/mol. The molecule has 0 aromatic heterocycles. The van der Waals surface area contributed by atoms with Crippen molar-refractivity contribution in [2.24, 2.45) is 23.5 Å². The van der Waals surface area contributed by atoms with Crippen molar-refractivity contribution < 1.29 is 0 Å². The summed E-state index contributed by atoms with van der Waals surface area (Å²) in [6, 6.07) is 0.426. The highest BCUT2D eigenvalue weighted by Gasteiger charge is 2.32. The quantitative estimate of drug-likeness (QED) is 0.625. The van der Waals surface area contributed by atoms with E-state index in [4.69, 9.17) is 5.73 Å². The second-order valence-electron chi connectivity index (χ2n) is 4.09. The van der Waals surface area contributed by atoms with E-state index in [1.54, 1.807) is 0 Å². The summed E-state index contributed by atoms with van der Waals surface area (Å²) in [5, 5.41) is 0. The van der Waals surface area contributed by atoms with Gasteiger partial charge in [0.25, 0.3) is 0 Å². The van der Waals surface area contributed by atoms with Gasteiger partial charge in [0.2, 0.25) is 0 Å². The van der Waals surface area contributed by atoms with Crippen LogP contribution in [0, 0.1) is 17.8 Å². The lowest BCUT2D eigenvalue weighted by Crippen LogP contribution is -2.38. The summed E-state index contributed by atoms with van der Waals surface area (Å²) < 4.78 is 0. The van der Waals surface area contributed by atoms with Gasteiger partial charge in [-0.05, 0) is 37.5 Å². The van der Waals surface area contributed by atoms with Crippen molar-refractivity contribution in [1.82, 2.24) is 0 Å². The van der Waals surface area contributed by atoms with E-state index in [0.717, 1.165) is 17.8 Å². The summed E-state index contributed by atoms with van der Waals surface area (Å²) >= 11 is 0. The van der Waals surface area contributed by atoms with E-state index >= 15 is 0 Å². The van der Waals surface area contributed by atoms with Crippen molar-refractivity contribution in [2.75, 3.05) is 0 Å². The third-order valence-corrected chi connectivity index (χ3v) is 2.90. The maximum absolute atomic E-state index is 5.76. The van der Waals surface area contributed by atoms with Crippen molar-refractivity contribution in [3.8, 4) is 0 Å². The fraction of sp³-hybridized carbons (Fsp3) is 1.00. The largest absolute Gasteiger partial charge is 0.328 e. The number of hydrogen-bond donors (Lipinski definition) is 1. The zero-order valence-electron chi connectivity index (χ0n) is 7.30. The van der Waals surface area contributed by atoms with Crippen LogP contribution in [0.2, 0.25) is 0 Å². The number of nitrogens with two attached hydrogens (primary N) is 1. The molecule has 0 aromatic carbocycles. The van der Waals surface area contributed by atoms with Crippen LogP contribution >= 0.6 is 0 Å². The van der Waals surface area contributed by atoms with E-state index in [-0.39, 0.29) is 0 Å². The summed E-state index contributed by atoms with van der Waals surface area (Å²) in [6.45, 7) is 6.74. The predicted octanol–water partition coefficient (Wildman–Crippen LogP) is 2.02. The Balaban J connectivity index is 2.18.